The van der Waals surface area contributed by atoms with Crippen LogP contribution in [0.1, 0.15) is 22.6 Å². The van der Waals surface area contributed by atoms with Crippen LogP contribution in [0.5, 0.6) is 0 Å². The predicted molar refractivity (Wildman–Crippen MR) is 62.2 cm³/mol. The highest BCUT2D eigenvalue weighted by Gasteiger charge is 2.02. The molecule has 0 spiro atoms. The van der Waals surface area contributed by atoms with Crippen LogP contribution in [0, 0.1) is 20.8 Å². The van der Waals surface area contributed by atoms with E-state index < -0.39 is 0 Å². The summed E-state index contributed by atoms with van der Waals surface area (Å²) in [7, 11) is 0. The number of rotatable bonds is 3. The van der Waals surface area contributed by atoms with Crippen molar-refractivity contribution in [1.29, 1.82) is 0 Å². The van der Waals surface area contributed by atoms with Crippen molar-refractivity contribution in [3.63, 3.8) is 0 Å². The smallest absolute Gasteiger partial charge is 0.223 e. The first-order valence-electron chi connectivity index (χ1n) is 5.20. The third-order valence-corrected chi connectivity index (χ3v) is 2.35. The number of nitrogens with one attached hydrogen (secondary N) is 2. The van der Waals surface area contributed by atoms with Gasteiger partial charge in [0.1, 0.15) is 0 Å². The maximum atomic E-state index is 4.31. The number of aromatic nitrogens is 4. The highest BCUT2D eigenvalue weighted by atomic mass is 15.1. The van der Waals surface area contributed by atoms with E-state index in [-0.39, 0.29) is 0 Å². The zero-order chi connectivity index (χ0) is 11.5. The van der Waals surface area contributed by atoms with Crippen LogP contribution < -0.4 is 5.32 Å². The standard InChI is InChI=1S/C11H15N5/c1-7-4-8(2)15-11(14-7)12-5-10-6-13-16-9(10)3/h4,6H,5H2,1-3H3,(H,13,16)(H,12,14,15). The number of nitrogens with zero attached hydrogens (tertiary/aromatic N) is 3. The van der Waals surface area contributed by atoms with E-state index in [1.165, 1.54) is 0 Å². The summed E-state index contributed by atoms with van der Waals surface area (Å²) >= 11 is 0. The van der Waals surface area contributed by atoms with Crippen molar-refractivity contribution in [2.75, 3.05) is 5.32 Å². The number of aromatic amines is 1. The van der Waals surface area contributed by atoms with E-state index in [1.807, 2.05) is 33.0 Å². The van der Waals surface area contributed by atoms with E-state index in [0.29, 0.717) is 12.5 Å². The molecular weight excluding hydrogens is 202 g/mol. The van der Waals surface area contributed by atoms with Crippen molar-refractivity contribution >= 4 is 5.95 Å². The van der Waals surface area contributed by atoms with Gasteiger partial charge >= 0.3 is 0 Å². The molecular formula is C11H15N5. The third kappa shape index (κ3) is 2.36. The molecule has 0 unspecified atom stereocenters. The van der Waals surface area contributed by atoms with Crippen LogP contribution in [0.25, 0.3) is 0 Å². The van der Waals surface area contributed by atoms with Crippen molar-refractivity contribution in [2.45, 2.75) is 27.3 Å². The lowest BCUT2D eigenvalue weighted by molar-refractivity contribution is 0.995. The quantitative estimate of drug-likeness (QED) is 0.821. The van der Waals surface area contributed by atoms with Crippen molar-refractivity contribution in [1.82, 2.24) is 20.2 Å². The lowest BCUT2D eigenvalue weighted by Gasteiger charge is -2.05. The predicted octanol–water partition coefficient (Wildman–Crippen LogP) is 1.74. The Morgan fingerprint density at radius 3 is 2.44 bits per heavy atom. The summed E-state index contributed by atoms with van der Waals surface area (Å²) in [5.74, 6) is 0.665. The second kappa shape index (κ2) is 4.30. The molecule has 0 saturated carbocycles. The van der Waals surface area contributed by atoms with Crippen LogP contribution in [0.2, 0.25) is 0 Å². The summed E-state index contributed by atoms with van der Waals surface area (Å²) in [4.78, 5) is 8.62. The first-order chi connectivity index (χ1) is 7.65. The molecule has 2 rings (SSSR count). The molecule has 0 aliphatic heterocycles. The number of aryl methyl sites for hydroxylation is 3. The van der Waals surface area contributed by atoms with Crippen LogP contribution >= 0.6 is 0 Å². The van der Waals surface area contributed by atoms with Gasteiger partial charge < -0.3 is 5.32 Å². The fraction of sp³-hybridized carbons (Fsp3) is 0.364. The normalized spacial score (nSPS) is 10.4. The first kappa shape index (κ1) is 10.6. The van der Waals surface area contributed by atoms with Gasteiger partial charge in [-0.2, -0.15) is 5.10 Å². The minimum absolute atomic E-state index is 0.665. The molecule has 0 amide bonds. The van der Waals surface area contributed by atoms with E-state index in [2.05, 4.69) is 25.5 Å². The molecule has 0 aromatic carbocycles. The Bertz CT molecular complexity index is 469. The Hall–Kier alpha value is -1.91. The molecule has 0 radical (unpaired) electrons. The summed E-state index contributed by atoms with van der Waals surface area (Å²) in [6.45, 7) is 6.60. The summed E-state index contributed by atoms with van der Waals surface area (Å²) in [5, 5.41) is 10.0. The summed E-state index contributed by atoms with van der Waals surface area (Å²) in [6.07, 6.45) is 1.81. The maximum absolute atomic E-state index is 4.31. The topological polar surface area (TPSA) is 66.5 Å². The van der Waals surface area contributed by atoms with Gasteiger partial charge in [-0.25, -0.2) is 9.97 Å². The van der Waals surface area contributed by atoms with Crippen LogP contribution in [0.3, 0.4) is 0 Å². The Kier molecular flexibility index (Phi) is 2.85. The van der Waals surface area contributed by atoms with Crippen LogP contribution in [0.4, 0.5) is 5.95 Å². The van der Waals surface area contributed by atoms with Gasteiger partial charge in [-0.1, -0.05) is 0 Å². The lowest BCUT2D eigenvalue weighted by atomic mass is 10.3. The Morgan fingerprint density at radius 1 is 1.19 bits per heavy atom. The van der Waals surface area contributed by atoms with E-state index >= 15 is 0 Å². The van der Waals surface area contributed by atoms with Crippen LogP contribution in [-0.4, -0.2) is 20.2 Å². The lowest BCUT2D eigenvalue weighted by Crippen LogP contribution is -2.05. The largest absolute Gasteiger partial charge is 0.350 e. The van der Waals surface area contributed by atoms with Gasteiger partial charge in [0.2, 0.25) is 5.95 Å². The molecule has 5 nitrogen and oxygen atoms in total. The third-order valence-electron chi connectivity index (χ3n) is 2.35. The van der Waals surface area contributed by atoms with Gasteiger partial charge in [-0.3, -0.25) is 5.10 Å². The van der Waals surface area contributed by atoms with E-state index in [0.717, 1.165) is 22.6 Å². The molecule has 0 aliphatic rings. The molecule has 2 aromatic heterocycles. The van der Waals surface area contributed by atoms with Crippen molar-refractivity contribution in [3.05, 3.63) is 34.9 Å². The molecule has 0 saturated heterocycles. The molecule has 16 heavy (non-hydrogen) atoms. The second-order valence-electron chi connectivity index (χ2n) is 3.85. The minimum Gasteiger partial charge on any atom is -0.350 e. The Morgan fingerprint density at radius 2 is 1.88 bits per heavy atom. The highest BCUT2D eigenvalue weighted by molar-refractivity contribution is 5.30. The van der Waals surface area contributed by atoms with Crippen LogP contribution in [0.15, 0.2) is 12.3 Å². The molecule has 0 fully saturated rings. The average Bonchev–Trinajstić information content (AvgIpc) is 2.59. The maximum Gasteiger partial charge on any atom is 0.223 e. The van der Waals surface area contributed by atoms with Gasteiger partial charge in [-0.05, 0) is 26.8 Å². The van der Waals surface area contributed by atoms with E-state index in [4.69, 9.17) is 0 Å². The monoisotopic (exact) mass is 217 g/mol. The fourth-order valence-corrected chi connectivity index (χ4v) is 1.53. The number of H-pyrrole nitrogens is 1. The fourth-order valence-electron chi connectivity index (χ4n) is 1.53. The number of hydrogen-bond donors (Lipinski definition) is 2. The average molecular weight is 217 g/mol. The zero-order valence-electron chi connectivity index (χ0n) is 9.70. The van der Waals surface area contributed by atoms with Gasteiger partial charge in [0, 0.05) is 29.2 Å². The van der Waals surface area contributed by atoms with Crippen LogP contribution in [-0.2, 0) is 6.54 Å². The minimum atomic E-state index is 0.665. The summed E-state index contributed by atoms with van der Waals surface area (Å²) in [5.41, 5.74) is 4.14. The zero-order valence-corrected chi connectivity index (χ0v) is 9.70. The van der Waals surface area contributed by atoms with Gasteiger partial charge in [0.05, 0.1) is 6.20 Å². The molecule has 84 valence electrons. The van der Waals surface area contributed by atoms with E-state index in [9.17, 15) is 0 Å². The highest BCUT2D eigenvalue weighted by Crippen LogP contribution is 2.07. The van der Waals surface area contributed by atoms with Gasteiger partial charge in [0.15, 0.2) is 0 Å². The first-order valence-corrected chi connectivity index (χ1v) is 5.20. The van der Waals surface area contributed by atoms with Crippen molar-refractivity contribution < 1.29 is 0 Å². The molecule has 0 bridgehead atoms. The summed E-state index contributed by atoms with van der Waals surface area (Å²) in [6, 6.07) is 1.95. The van der Waals surface area contributed by atoms with Gasteiger partial charge in [-0.15, -0.1) is 0 Å². The molecule has 5 heteroatoms. The van der Waals surface area contributed by atoms with Crippen molar-refractivity contribution in [3.8, 4) is 0 Å². The SMILES string of the molecule is Cc1cc(C)nc(NCc2cn[nH]c2C)n1. The second-order valence-corrected chi connectivity index (χ2v) is 3.85. The molecule has 2 N–H and O–H groups in total. The Balaban J connectivity index is 2.07. The Labute approximate surface area is 94.3 Å². The molecule has 2 aromatic rings. The summed E-state index contributed by atoms with van der Waals surface area (Å²) < 4.78 is 0. The van der Waals surface area contributed by atoms with Gasteiger partial charge in [0.25, 0.3) is 0 Å². The molecule has 0 aliphatic carbocycles. The molecule has 0 atom stereocenters. The number of hydrogen-bond acceptors (Lipinski definition) is 4. The molecule has 2 heterocycles. The van der Waals surface area contributed by atoms with Crippen molar-refractivity contribution in [2.24, 2.45) is 0 Å². The number of anilines is 1. The van der Waals surface area contributed by atoms with E-state index in [1.54, 1.807) is 0 Å².